The smallest absolute Gasteiger partial charge is 0.320 e. The number of urea groups is 1. The van der Waals surface area contributed by atoms with E-state index in [1.807, 2.05) is 13.8 Å². The topological polar surface area (TPSA) is 69.7 Å². The van der Waals surface area contributed by atoms with Gasteiger partial charge in [0, 0.05) is 36.4 Å². The van der Waals surface area contributed by atoms with Crippen molar-refractivity contribution in [3.63, 3.8) is 0 Å². The highest BCUT2D eigenvalue weighted by molar-refractivity contribution is 7.91. The van der Waals surface area contributed by atoms with Gasteiger partial charge in [0.1, 0.15) is 5.75 Å². The van der Waals surface area contributed by atoms with E-state index in [2.05, 4.69) is 4.72 Å². The van der Waals surface area contributed by atoms with Gasteiger partial charge in [0.15, 0.2) is 23.3 Å². The van der Waals surface area contributed by atoms with Gasteiger partial charge in [-0.15, -0.1) is 0 Å². The normalized spacial score (nSPS) is 14.0. The Morgan fingerprint density at radius 2 is 1.58 bits per heavy atom. The van der Waals surface area contributed by atoms with Gasteiger partial charge >= 0.3 is 6.03 Å². The molecule has 3 rings (SSSR count). The number of hydrogen-bond acceptors (Lipinski definition) is 3. The Bertz CT molecular complexity index is 1160. The molecule has 1 heterocycles. The zero-order valence-electron chi connectivity index (χ0n) is 18.5. The molecule has 0 spiro atoms. The van der Waals surface area contributed by atoms with Gasteiger partial charge in [0.2, 0.25) is 10.0 Å². The number of rotatable bonds is 8. The Morgan fingerprint density at radius 3 is 2.15 bits per heavy atom. The summed E-state index contributed by atoms with van der Waals surface area (Å²) >= 11 is 0. The van der Waals surface area contributed by atoms with Crippen LogP contribution in [0, 0.1) is 30.2 Å². The van der Waals surface area contributed by atoms with Gasteiger partial charge in [-0.05, 0) is 43.5 Å². The van der Waals surface area contributed by atoms with Crippen molar-refractivity contribution in [1.29, 1.82) is 0 Å². The van der Waals surface area contributed by atoms with E-state index in [1.54, 1.807) is 15.9 Å². The Balaban J connectivity index is 1.91. The largest absolute Gasteiger partial charge is 0.324 e. The van der Waals surface area contributed by atoms with Crippen LogP contribution in [0.25, 0.3) is 0 Å². The van der Waals surface area contributed by atoms with Gasteiger partial charge in [-0.25, -0.2) is 30.8 Å². The molecule has 0 unspecified atom stereocenters. The van der Waals surface area contributed by atoms with Crippen molar-refractivity contribution in [2.24, 2.45) is 0 Å². The Morgan fingerprint density at radius 1 is 0.970 bits per heavy atom. The van der Waals surface area contributed by atoms with Crippen LogP contribution >= 0.6 is 0 Å². The monoisotopic (exact) mass is 487 g/mol. The predicted molar refractivity (Wildman–Crippen MR) is 117 cm³/mol. The van der Waals surface area contributed by atoms with E-state index in [4.69, 9.17) is 0 Å². The van der Waals surface area contributed by atoms with Gasteiger partial charge in [0.05, 0.1) is 5.69 Å². The number of sulfonamides is 1. The fourth-order valence-corrected chi connectivity index (χ4v) is 4.98. The van der Waals surface area contributed by atoms with Gasteiger partial charge in [-0.2, -0.15) is 0 Å². The molecule has 0 atom stereocenters. The number of nitrogens with zero attached hydrogens (tertiary/aromatic N) is 2. The summed E-state index contributed by atoms with van der Waals surface area (Å²) in [7, 11) is -4.42. The van der Waals surface area contributed by atoms with Crippen LogP contribution < -0.4 is 9.62 Å². The maximum atomic E-state index is 14.1. The summed E-state index contributed by atoms with van der Waals surface area (Å²) in [4.78, 5) is 16.0. The molecular weight excluding hydrogens is 462 g/mol. The molecule has 0 aromatic heterocycles. The van der Waals surface area contributed by atoms with Crippen LogP contribution in [0.1, 0.15) is 43.4 Å². The number of nitrogens with one attached hydrogen (secondary N) is 1. The summed E-state index contributed by atoms with van der Waals surface area (Å²) in [5.41, 5.74) is -0.630. The number of amides is 2. The van der Waals surface area contributed by atoms with Gasteiger partial charge in [-0.1, -0.05) is 13.8 Å². The van der Waals surface area contributed by atoms with Crippen LogP contribution in [-0.2, 0) is 22.3 Å². The zero-order chi connectivity index (χ0) is 24.5. The van der Waals surface area contributed by atoms with E-state index in [1.165, 1.54) is 12.1 Å². The molecule has 1 aliphatic heterocycles. The van der Waals surface area contributed by atoms with Crippen LogP contribution in [0.5, 0.6) is 0 Å². The minimum absolute atomic E-state index is 0.102. The fourth-order valence-electron chi connectivity index (χ4n) is 3.79. The first-order chi connectivity index (χ1) is 15.5. The Kier molecular flexibility index (Phi) is 7.20. The molecule has 33 heavy (non-hydrogen) atoms. The number of halogens is 4. The average Bonchev–Trinajstić information content (AvgIpc) is 2.76. The maximum Gasteiger partial charge on any atom is 0.324 e. The van der Waals surface area contributed by atoms with Crippen molar-refractivity contribution in [2.45, 2.75) is 45.9 Å². The lowest BCUT2D eigenvalue weighted by Crippen LogP contribution is -2.47. The lowest BCUT2D eigenvalue weighted by molar-refractivity contribution is 0.198. The first kappa shape index (κ1) is 24.8. The summed E-state index contributed by atoms with van der Waals surface area (Å²) in [6.45, 7) is 6.01. The van der Waals surface area contributed by atoms with Crippen LogP contribution in [0.3, 0.4) is 0 Å². The van der Waals surface area contributed by atoms with E-state index in [-0.39, 0.29) is 18.3 Å². The third kappa shape index (κ3) is 4.92. The summed E-state index contributed by atoms with van der Waals surface area (Å²) in [6.07, 6.45) is 1.47. The molecule has 6 nitrogen and oxygen atoms in total. The van der Waals surface area contributed by atoms with E-state index < -0.39 is 50.2 Å². The van der Waals surface area contributed by atoms with Crippen LogP contribution in [0.15, 0.2) is 18.2 Å². The van der Waals surface area contributed by atoms with Crippen molar-refractivity contribution >= 4 is 27.4 Å². The van der Waals surface area contributed by atoms with Crippen molar-refractivity contribution < 1.29 is 30.8 Å². The summed E-state index contributed by atoms with van der Waals surface area (Å²) in [5, 5.41) is 0. The third-order valence-electron chi connectivity index (χ3n) is 5.36. The minimum atomic E-state index is -4.42. The first-order valence-electron chi connectivity index (χ1n) is 10.5. The lowest BCUT2D eigenvalue weighted by Gasteiger charge is -2.37. The highest BCUT2D eigenvalue weighted by atomic mass is 32.2. The number of benzene rings is 2. The van der Waals surface area contributed by atoms with E-state index in [9.17, 15) is 30.8 Å². The molecule has 0 saturated carbocycles. The number of carbonyl (C=O) groups is 1. The zero-order valence-corrected chi connectivity index (χ0v) is 19.3. The molecule has 1 aliphatic rings. The second-order valence-electron chi connectivity index (χ2n) is 7.92. The predicted octanol–water partition coefficient (Wildman–Crippen LogP) is 5.06. The second kappa shape index (κ2) is 9.58. The molecule has 0 aliphatic carbocycles. The molecule has 11 heteroatoms. The fraction of sp³-hybridized carbons (Fsp3) is 0.409. The quantitative estimate of drug-likeness (QED) is 0.418. The molecule has 0 bridgehead atoms. The maximum absolute atomic E-state index is 14.1. The van der Waals surface area contributed by atoms with Crippen LogP contribution in [0.2, 0.25) is 0 Å². The SMILES string of the molecule is CCCN1Cc2cc(NS(=O)(=O)Cc3c(F)c(F)c(C)c(F)c3F)ccc2N(CCC)C1=O. The summed E-state index contributed by atoms with van der Waals surface area (Å²) < 4.78 is 83.3. The molecule has 0 fully saturated rings. The van der Waals surface area contributed by atoms with Gasteiger partial charge in [0.25, 0.3) is 0 Å². The lowest BCUT2D eigenvalue weighted by atomic mass is 10.1. The molecule has 180 valence electrons. The minimum Gasteiger partial charge on any atom is -0.320 e. The molecular formula is C22H25F4N3O3S. The highest BCUT2D eigenvalue weighted by Crippen LogP contribution is 2.32. The molecule has 0 saturated heterocycles. The van der Waals surface area contributed by atoms with Crippen molar-refractivity contribution in [1.82, 2.24) is 4.90 Å². The molecule has 2 aromatic rings. The average molecular weight is 488 g/mol. The molecule has 2 amide bonds. The second-order valence-corrected chi connectivity index (χ2v) is 9.64. The van der Waals surface area contributed by atoms with E-state index in [0.29, 0.717) is 24.3 Å². The van der Waals surface area contributed by atoms with E-state index >= 15 is 0 Å². The van der Waals surface area contributed by atoms with Crippen molar-refractivity contribution in [3.05, 3.63) is 58.2 Å². The highest BCUT2D eigenvalue weighted by Gasteiger charge is 2.30. The summed E-state index contributed by atoms with van der Waals surface area (Å²) in [5.74, 6) is -8.05. The molecule has 2 aromatic carbocycles. The first-order valence-corrected chi connectivity index (χ1v) is 12.2. The Hall–Kier alpha value is -2.82. The third-order valence-corrected chi connectivity index (χ3v) is 6.57. The van der Waals surface area contributed by atoms with E-state index in [0.717, 1.165) is 19.8 Å². The number of anilines is 2. The van der Waals surface area contributed by atoms with Gasteiger partial charge in [-0.3, -0.25) is 9.62 Å². The van der Waals surface area contributed by atoms with Gasteiger partial charge < -0.3 is 4.90 Å². The number of hydrogen-bond donors (Lipinski definition) is 1. The van der Waals surface area contributed by atoms with Crippen molar-refractivity contribution in [2.75, 3.05) is 22.7 Å². The number of carbonyl (C=O) groups excluding carboxylic acids is 1. The molecule has 0 radical (unpaired) electrons. The van der Waals surface area contributed by atoms with Crippen LogP contribution in [0.4, 0.5) is 33.7 Å². The number of fused-ring (bicyclic) bond motifs is 1. The Labute approximate surface area is 190 Å². The van der Waals surface area contributed by atoms with Crippen molar-refractivity contribution in [3.8, 4) is 0 Å². The summed E-state index contributed by atoms with van der Waals surface area (Å²) in [6, 6.07) is 4.42. The molecule has 1 N–H and O–H groups in total. The van der Waals surface area contributed by atoms with Crippen LogP contribution in [-0.4, -0.2) is 32.4 Å². The standard InChI is InChI=1S/C22H25F4N3O3S/c1-4-8-28-11-14-10-15(6-7-17(14)29(9-5-2)22(28)30)27-33(31,32)12-16-20(25)18(23)13(3)19(24)21(16)26/h6-7,10,27H,4-5,8-9,11-12H2,1-3H3.